The molecule has 0 spiro atoms. The van der Waals surface area contributed by atoms with E-state index in [0.29, 0.717) is 11.8 Å². The van der Waals surface area contributed by atoms with Gasteiger partial charge >= 0.3 is 17.9 Å². The first kappa shape index (κ1) is 30.6. The highest BCUT2D eigenvalue weighted by Gasteiger charge is 2.68. The van der Waals surface area contributed by atoms with Gasteiger partial charge in [0.2, 0.25) is 0 Å². The molecule has 7 atom stereocenters. The fourth-order valence-corrected chi connectivity index (χ4v) is 11.4. The third-order valence-corrected chi connectivity index (χ3v) is 13.9. The highest BCUT2D eigenvalue weighted by atomic mass is 16.5. The van der Waals surface area contributed by atoms with Crippen LogP contribution >= 0.6 is 0 Å². The van der Waals surface area contributed by atoms with Crippen LogP contribution in [-0.2, 0) is 23.9 Å². The Hall–Kier alpha value is -1.85. The second-order valence-electron chi connectivity index (χ2n) is 16.5. The summed E-state index contributed by atoms with van der Waals surface area (Å²) in [5.74, 6) is -0.370. The van der Waals surface area contributed by atoms with Crippen LogP contribution in [0.4, 0.5) is 0 Å². The minimum Gasteiger partial charge on any atom is -0.481 e. The molecule has 6 heteroatoms. The number of carbonyl (C=O) groups excluding carboxylic acids is 2. The lowest BCUT2D eigenvalue weighted by Crippen LogP contribution is -2.64. The lowest BCUT2D eigenvalue weighted by molar-refractivity contribution is -0.214. The first-order valence-corrected chi connectivity index (χ1v) is 16.2. The van der Waals surface area contributed by atoms with Gasteiger partial charge in [0.05, 0.1) is 25.4 Å². The second-order valence-corrected chi connectivity index (χ2v) is 16.5. The topological polar surface area (TPSA) is 89.9 Å². The third kappa shape index (κ3) is 4.42. The van der Waals surface area contributed by atoms with E-state index in [0.717, 1.165) is 70.6 Å². The first-order chi connectivity index (χ1) is 19.0. The molecule has 0 aromatic rings. The van der Waals surface area contributed by atoms with Crippen molar-refractivity contribution in [3.05, 3.63) is 11.1 Å². The van der Waals surface area contributed by atoms with E-state index in [4.69, 9.17) is 14.6 Å². The Bertz CT molecular complexity index is 1150. The van der Waals surface area contributed by atoms with Crippen LogP contribution in [0.15, 0.2) is 11.1 Å². The van der Waals surface area contributed by atoms with Gasteiger partial charge in [0, 0.05) is 5.41 Å². The maximum Gasteiger partial charge on any atom is 0.315 e. The number of hydrogen-bond acceptors (Lipinski definition) is 5. The minimum atomic E-state index is -0.965. The van der Waals surface area contributed by atoms with Crippen LogP contribution in [0, 0.1) is 44.3 Å². The second kappa shape index (κ2) is 9.84. The smallest absolute Gasteiger partial charge is 0.315 e. The van der Waals surface area contributed by atoms with Crippen molar-refractivity contribution in [3.63, 3.8) is 0 Å². The number of carboxylic acid groups (broad SMARTS) is 1. The molecule has 0 amide bonds. The number of carboxylic acids is 1. The average molecular weight is 571 g/mol. The van der Waals surface area contributed by atoms with Crippen LogP contribution in [0.1, 0.15) is 132 Å². The standard InChI is InChI=1S/C35H54O6/c1-30(2)17-19-35(29(39)40-8)20-18-33(6)22(23(35)21-30)9-10-25-32(5)15-14-26(41-28(38)12-11-27(36)37)31(3,4)24(32)13-16-34(25,33)7/h24-26H,9-21H2,1-8H3,(H,36,37)/t24?,25?,26-,32-,33+,34+,35?/m0/s1. The number of rotatable bonds is 5. The Labute approximate surface area is 247 Å². The molecule has 4 saturated carbocycles. The van der Waals surface area contributed by atoms with Gasteiger partial charge in [-0.25, -0.2) is 0 Å². The third-order valence-electron chi connectivity index (χ3n) is 13.9. The number of fused-ring (bicyclic) bond motifs is 6. The predicted octanol–water partition coefficient (Wildman–Crippen LogP) is 7.88. The van der Waals surface area contributed by atoms with Gasteiger partial charge in [-0.3, -0.25) is 14.4 Å². The maximum atomic E-state index is 13.4. The quantitative estimate of drug-likeness (QED) is 0.267. The van der Waals surface area contributed by atoms with Gasteiger partial charge in [-0.2, -0.15) is 0 Å². The van der Waals surface area contributed by atoms with Gasteiger partial charge < -0.3 is 14.6 Å². The average Bonchev–Trinajstić information content (AvgIpc) is 2.88. The molecule has 0 aliphatic heterocycles. The molecule has 5 aliphatic rings. The van der Waals surface area contributed by atoms with Gasteiger partial charge in [-0.15, -0.1) is 0 Å². The van der Waals surface area contributed by atoms with E-state index in [2.05, 4.69) is 48.5 Å². The molecule has 0 saturated heterocycles. The fourth-order valence-electron chi connectivity index (χ4n) is 11.4. The number of ether oxygens (including phenoxy) is 2. The lowest BCUT2D eigenvalue weighted by Gasteiger charge is -2.71. The molecule has 5 aliphatic carbocycles. The monoisotopic (exact) mass is 570 g/mol. The Morgan fingerprint density at radius 1 is 0.805 bits per heavy atom. The molecule has 0 bridgehead atoms. The van der Waals surface area contributed by atoms with E-state index in [-0.39, 0.29) is 58.0 Å². The first-order valence-electron chi connectivity index (χ1n) is 16.2. The number of carbonyl (C=O) groups is 3. The molecule has 3 unspecified atom stereocenters. The van der Waals surface area contributed by atoms with Crippen LogP contribution in [0.2, 0.25) is 0 Å². The van der Waals surface area contributed by atoms with Crippen molar-refractivity contribution in [2.75, 3.05) is 7.11 Å². The Morgan fingerprint density at radius 3 is 2.15 bits per heavy atom. The summed E-state index contributed by atoms with van der Waals surface area (Å²) in [6.45, 7) is 16.9. The van der Waals surface area contributed by atoms with Crippen molar-refractivity contribution in [3.8, 4) is 0 Å². The van der Waals surface area contributed by atoms with Crippen molar-refractivity contribution in [2.24, 2.45) is 44.3 Å². The van der Waals surface area contributed by atoms with Crippen LogP contribution in [-0.4, -0.2) is 36.2 Å². The molecule has 6 nitrogen and oxygen atoms in total. The summed E-state index contributed by atoms with van der Waals surface area (Å²) in [5.41, 5.74) is 2.95. The summed E-state index contributed by atoms with van der Waals surface area (Å²) in [4.78, 5) is 37.0. The van der Waals surface area contributed by atoms with Crippen molar-refractivity contribution < 1.29 is 29.0 Å². The Kier molecular flexibility index (Phi) is 7.34. The normalized spacial score (nSPS) is 42.6. The van der Waals surface area contributed by atoms with E-state index >= 15 is 0 Å². The van der Waals surface area contributed by atoms with Crippen molar-refractivity contribution in [1.29, 1.82) is 0 Å². The van der Waals surface area contributed by atoms with Gasteiger partial charge in [0.15, 0.2) is 0 Å². The zero-order chi connectivity index (χ0) is 30.2. The van der Waals surface area contributed by atoms with E-state index in [1.807, 2.05) is 0 Å². The predicted molar refractivity (Wildman–Crippen MR) is 158 cm³/mol. The zero-order valence-corrected chi connectivity index (χ0v) is 26.9. The van der Waals surface area contributed by atoms with Crippen LogP contribution in [0.3, 0.4) is 0 Å². The lowest BCUT2D eigenvalue weighted by atomic mass is 9.34. The summed E-state index contributed by atoms with van der Waals surface area (Å²) in [7, 11) is 1.56. The maximum absolute atomic E-state index is 13.4. The number of esters is 2. The van der Waals surface area contributed by atoms with E-state index in [1.165, 1.54) is 5.57 Å². The molecule has 41 heavy (non-hydrogen) atoms. The van der Waals surface area contributed by atoms with Crippen molar-refractivity contribution in [1.82, 2.24) is 0 Å². The molecule has 4 fully saturated rings. The summed E-state index contributed by atoms with van der Waals surface area (Å²) in [6.07, 6.45) is 10.8. The molecule has 5 rings (SSSR count). The molecular formula is C35H54O6. The fraction of sp³-hybridized carbons (Fsp3) is 0.857. The molecule has 1 N–H and O–H groups in total. The zero-order valence-electron chi connectivity index (χ0n) is 26.9. The number of aliphatic carboxylic acids is 1. The molecular weight excluding hydrogens is 516 g/mol. The number of allylic oxidation sites excluding steroid dienone is 1. The largest absolute Gasteiger partial charge is 0.481 e. The van der Waals surface area contributed by atoms with Crippen LogP contribution in [0.25, 0.3) is 0 Å². The summed E-state index contributed by atoms with van der Waals surface area (Å²) < 4.78 is 11.5. The summed E-state index contributed by atoms with van der Waals surface area (Å²) in [6, 6.07) is 0. The Balaban J connectivity index is 1.48. The summed E-state index contributed by atoms with van der Waals surface area (Å²) >= 11 is 0. The van der Waals surface area contributed by atoms with E-state index < -0.39 is 11.4 Å². The Morgan fingerprint density at radius 2 is 1.49 bits per heavy atom. The minimum absolute atomic E-state index is 0.0153. The van der Waals surface area contributed by atoms with Crippen molar-refractivity contribution >= 4 is 17.9 Å². The highest BCUT2D eigenvalue weighted by Crippen LogP contribution is 2.75. The van der Waals surface area contributed by atoms with Crippen molar-refractivity contribution in [2.45, 2.75) is 138 Å². The van der Waals surface area contributed by atoms with Gasteiger partial charge in [-0.1, -0.05) is 59.6 Å². The van der Waals surface area contributed by atoms with E-state index in [1.54, 1.807) is 12.7 Å². The van der Waals surface area contributed by atoms with E-state index in [9.17, 15) is 14.4 Å². The number of methoxy groups -OCH3 is 1. The van der Waals surface area contributed by atoms with Gasteiger partial charge in [0.1, 0.15) is 6.10 Å². The molecule has 0 radical (unpaired) electrons. The highest BCUT2D eigenvalue weighted by molar-refractivity contribution is 5.82. The summed E-state index contributed by atoms with van der Waals surface area (Å²) in [5, 5.41) is 9.01. The molecule has 0 aromatic heterocycles. The van der Waals surface area contributed by atoms with Gasteiger partial charge in [0.25, 0.3) is 0 Å². The molecule has 230 valence electrons. The molecule has 0 aromatic carbocycles. The molecule has 0 heterocycles. The van der Waals surface area contributed by atoms with Crippen LogP contribution in [0.5, 0.6) is 0 Å². The number of hydrogen-bond donors (Lipinski definition) is 1. The van der Waals surface area contributed by atoms with Crippen LogP contribution < -0.4 is 0 Å². The SMILES string of the molecule is COC(=O)C12CCC(C)(C)CC1=C1CCC3[C@@]4(C)CC[C@H](OC(=O)CCC(=O)O)C(C)(C)C4CC[C@@]3(C)[C@]1(C)CC2. The van der Waals surface area contributed by atoms with Gasteiger partial charge in [-0.05, 0) is 104 Å².